The number of esters is 1. The van der Waals surface area contributed by atoms with Gasteiger partial charge in [0, 0.05) is 6.54 Å². The van der Waals surface area contributed by atoms with Crippen molar-refractivity contribution in [2.45, 2.75) is 47.1 Å². The van der Waals surface area contributed by atoms with Crippen LogP contribution in [0.15, 0.2) is 66.7 Å². The van der Waals surface area contributed by atoms with Gasteiger partial charge in [0.15, 0.2) is 11.5 Å². The van der Waals surface area contributed by atoms with E-state index in [1.165, 1.54) is 0 Å². The number of hydrogen-bond acceptors (Lipinski definition) is 8. The van der Waals surface area contributed by atoms with Gasteiger partial charge in [0.1, 0.15) is 24.2 Å². The zero-order valence-corrected chi connectivity index (χ0v) is 26.0. The summed E-state index contributed by atoms with van der Waals surface area (Å²) in [5.74, 6) is 2.44. The first-order valence-corrected chi connectivity index (χ1v) is 14.7. The van der Waals surface area contributed by atoms with Crippen LogP contribution in [0, 0.1) is 5.41 Å². The number of nitrogens with zero attached hydrogens (tertiary/aromatic N) is 1. The number of aliphatic hydroxyl groups excluding tert-OH is 1. The highest BCUT2D eigenvalue weighted by atomic mass is 16.7. The van der Waals surface area contributed by atoms with E-state index in [0.717, 1.165) is 52.3 Å². The fourth-order valence-electron chi connectivity index (χ4n) is 4.66. The Morgan fingerprint density at radius 1 is 0.884 bits per heavy atom. The number of ether oxygens (including phenoxy) is 5. The molecule has 1 unspecified atom stereocenters. The molecule has 230 valence electrons. The lowest BCUT2D eigenvalue weighted by molar-refractivity contribution is -0.159. The quantitative estimate of drug-likeness (QED) is 0.139. The molecule has 3 aromatic carbocycles. The second-order valence-electron chi connectivity index (χ2n) is 11.6. The van der Waals surface area contributed by atoms with Gasteiger partial charge in [0.2, 0.25) is 13.6 Å². The van der Waals surface area contributed by atoms with Gasteiger partial charge in [-0.15, -0.1) is 0 Å². The van der Waals surface area contributed by atoms with Crippen molar-refractivity contribution in [3.05, 3.63) is 83.4 Å². The normalized spacial score (nSPS) is 13.9. The smallest absolute Gasteiger partial charge is 0.314 e. The monoisotopic (exact) mass is 589 g/mol. The van der Waals surface area contributed by atoms with Crippen LogP contribution in [-0.2, 0) is 9.53 Å². The molecule has 3 aromatic rings. The molecule has 8 nitrogen and oxygen atoms in total. The van der Waals surface area contributed by atoms with Crippen molar-refractivity contribution in [1.82, 2.24) is 4.90 Å². The van der Waals surface area contributed by atoms with Crippen molar-refractivity contribution < 1.29 is 33.6 Å². The SMILES string of the molecule is CCC(=C(c1ccc(OCOC(=O)C(C)(C)C)cc1)c1ccc(OCC(O)CN(C)CC)cc1)c1ccc2c(c1)OCO2. The second kappa shape index (κ2) is 14.4. The molecule has 0 saturated heterocycles. The number of fused-ring (bicyclic) bond motifs is 1. The lowest BCUT2D eigenvalue weighted by Gasteiger charge is -2.20. The molecule has 0 aliphatic carbocycles. The van der Waals surface area contributed by atoms with Gasteiger partial charge in [-0.2, -0.15) is 0 Å². The van der Waals surface area contributed by atoms with Crippen molar-refractivity contribution in [3.63, 3.8) is 0 Å². The van der Waals surface area contributed by atoms with Gasteiger partial charge >= 0.3 is 5.97 Å². The van der Waals surface area contributed by atoms with E-state index in [9.17, 15) is 9.90 Å². The maximum atomic E-state index is 12.1. The number of likely N-dealkylation sites (N-methyl/N-ethyl adjacent to an activating group) is 1. The molecule has 0 spiro atoms. The van der Waals surface area contributed by atoms with E-state index in [1.54, 1.807) is 20.8 Å². The maximum absolute atomic E-state index is 12.1. The zero-order valence-electron chi connectivity index (χ0n) is 26.0. The van der Waals surface area contributed by atoms with Crippen LogP contribution in [0.5, 0.6) is 23.0 Å². The first kappa shape index (κ1) is 31.9. The Kier molecular flexibility index (Phi) is 10.7. The van der Waals surface area contributed by atoms with Gasteiger partial charge < -0.3 is 33.7 Å². The van der Waals surface area contributed by atoms with Crippen LogP contribution in [0.4, 0.5) is 0 Å². The molecule has 0 bridgehead atoms. The fraction of sp³-hybridized carbons (Fsp3) is 0.400. The van der Waals surface area contributed by atoms with Gasteiger partial charge in [-0.05, 0) is 105 Å². The van der Waals surface area contributed by atoms with Gasteiger partial charge in [-0.1, -0.05) is 44.2 Å². The molecule has 0 fully saturated rings. The lowest BCUT2D eigenvalue weighted by atomic mass is 9.88. The molecular formula is C35H43NO7. The number of allylic oxidation sites excluding steroid dienone is 1. The molecule has 0 radical (unpaired) electrons. The molecular weight excluding hydrogens is 546 g/mol. The van der Waals surface area contributed by atoms with Crippen LogP contribution < -0.4 is 18.9 Å². The van der Waals surface area contributed by atoms with E-state index < -0.39 is 11.5 Å². The Labute approximate surface area is 254 Å². The molecule has 1 heterocycles. The van der Waals surface area contributed by atoms with E-state index in [-0.39, 0.29) is 26.2 Å². The Morgan fingerprint density at radius 3 is 2.05 bits per heavy atom. The summed E-state index contributed by atoms with van der Waals surface area (Å²) in [6.07, 6.45) is 0.196. The average Bonchev–Trinajstić information content (AvgIpc) is 3.47. The number of hydrogen-bond donors (Lipinski definition) is 1. The van der Waals surface area contributed by atoms with Crippen molar-refractivity contribution in [1.29, 1.82) is 0 Å². The molecule has 1 aliphatic heterocycles. The fourth-order valence-corrected chi connectivity index (χ4v) is 4.66. The average molecular weight is 590 g/mol. The number of aliphatic hydroxyl groups is 1. The van der Waals surface area contributed by atoms with Crippen LogP contribution in [0.2, 0.25) is 0 Å². The predicted octanol–water partition coefficient (Wildman–Crippen LogP) is 6.40. The van der Waals surface area contributed by atoms with Gasteiger partial charge in [-0.3, -0.25) is 4.79 Å². The third-order valence-electron chi connectivity index (χ3n) is 7.19. The summed E-state index contributed by atoms with van der Waals surface area (Å²) in [4.78, 5) is 14.1. The Hall–Kier alpha value is -4.01. The van der Waals surface area contributed by atoms with Gasteiger partial charge in [-0.25, -0.2) is 0 Å². The highest BCUT2D eigenvalue weighted by Gasteiger charge is 2.23. The second-order valence-corrected chi connectivity index (χ2v) is 11.6. The molecule has 0 amide bonds. The number of carbonyl (C=O) groups is 1. The molecule has 4 rings (SSSR count). The van der Waals surface area contributed by atoms with Crippen LogP contribution in [0.3, 0.4) is 0 Å². The Balaban J connectivity index is 1.61. The van der Waals surface area contributed by atoms with E-state index >= 15 is 0 Å². The van der Waals surface area contributed by atoms with Crippen LogP contribution in [-0.4, -0.2) is 62.4 Å². The number of carbonyl (C=O) groups excluding carboxylic acids is 1. The predicted molar refractivity (Wildman–Crippen MR) is 167 cm³/mol. The lowest BCUT2D eigenvalue weighted by Crippen LogP contribution is -2.32. The topological polar surface area (TPSA) is 86.7 Å². The molecule has 0 aromatic heterocycles. The van der Waals surface area contributed by atoms with Crippen LogP contribution in [0.1, 0.15) is 57.7 Å². The van der Waals surface area contributed by atoms with Gasteiger partial charge in [0.05, 0.1) is 5.41 Å². The zero-order chi connectivity index (χ0) is 31.0. The third kappa shape index (κ3) is 8.52. The minimum atomic E-state index is -0.593. The molecule has 0 saturated carbocycles. The molecule has 1 aliphatic rings. The molecule has 1 N–H and O–H groups in total. The number of benzene rings is 3. The molecule has 43 heavy (non-hydrogen) atoms. The summed E-state index contributed by atoms with van der Waals surface area (Å²) in [7, 11) is 1.97. The standard InChI is InChI=1S/C35H43NO7/c1-7-30(26-13-18-31-32(19-26)42-23-41-31)33(24-9-14-28(15-10-24)39-21-27(37)20-36(6)8-2)25-11-16-29(17-12-25)40-22-43-34(38)35(3,4)5/h9-19,27,37H,7-8,20-23H2,1-6H3. The van der Waals surface area contributed by atoms with E-state index in [2.05, 4.69) is 19.9 Å². The van der Waals surface area contributed by atoms with Crippen molar-refractivity contribution in [2.75, 3.05) is 40.3 Å². The van der Waals surface area contributed by atoms with E-state index in [1.807, 2.05) is 72.6 Å². The summed E-state index contributed by atoms with van der Waals surface area (Å²) in [5, 5.41) is 10.3. The Bertz CT molecular complexity index is 1390. The third-order valence-corrected chi connectivity index (χ3v) is 7.19. The summed E-state index contributed by atoms with van der Waals surface area (Å²) in [6, 6.07) is 21.7. The molecule has 8 heteroatoms. The highest BCUT2D eigenvalue weighted by molar-refractivity contribution is 5.99. The summed E-state index contributed by atoms with van der Waals surface area (Å²) in [6.45, 7) is 11.3. The molecule has 1 atom stereocenters. The summed E-state index contributed by atoms with van der Waals surface area (Å²) >= 11 is 0. The van der Waals surface area contributed by atoms with Crippen molar-refractivity contribution in [2.24, 2.45) is 5.41 Å². The first-order valence-electron chi connectivity index (χ1n) is 14.7. The number of rotatable bonds is 13. The highest BCUT2D eigenvalue weighted by Crippen LogP contribution is 2.40. The van der Waals surface area contributed by atoms with Gasteiger partial charge in [0.25, 0.3) is 0 Å². The van der Waals surface area contributed by atoms with E-state index in [0.29, 0.717) is 18.0 Å². The minimum Gasteiger partial charge on any atom is -0.491 e. The van der Waals surface area contributed by atoms with Crippen molar-refractivity contribution >= 4 is 17.1 Å². The van der Waals surface area contributed by atoms with Crippen LogP contribution >= 0.6 is 0 Å². The first-order chi connectivity index (χ1) is 20.6. The van der Waals surface area contributed by atoms with Crippen LogP contribution in [0.25, 0.3) is 11.1 Å². The maximum Gasteiger partial charge on any atom is 0.314 e. The largest absolute Gasteiger partial charge is 0.491 e. The minimum absolute atomic E-state index is 0.152. The van der Waals surface area contributed by atoms with E-state index in [4.69, 9.17) is 23.7 Å². The summed E-state index contributed by atoms with van der Waals surface area (Å²) in [5.41, 5.74) is 4.66. The summed E-state index contributed by atoms with van der Waals surface area (Å²) < 4.78 is 28.1. The van der Waals surface area contributed by atoms with Crippen molar-refractivity contribution in [3.8, 4) is 23.0 Å². The Morgan fingerprint density at radius 2 is 1.47 bits per heavy atom.